The van der Waals surface area contributed by atoms with Gasteiger partial charge in [0, 0.05) is 5.56 Å². The second kappa shape index (κ2) is 6.70. The molecule has 3 N–H and O–H groups in total. The Morgan fingerprint density at radius 1 is 1.17 bits per heavy atom. The van der Waals surface area contributed by atoms with Crippen LogP contribution < -0.4 is 15.4 Å². The molecule has 1 saturated carbocycles. The van der Waals surface area contributed by atoms with Gasteiger partial charge in [-0.2, -0.15) is 0 Å². The van der Waals surface area contributed by atoms with E-state index in [1.807, 2.05) is 0 Å². The molecule has 0 radical (unpaired) electrons. The summed E-state index contributed by atoms with van der Waals surface area (Å²) in [5.41, 5.74) is 1.00. The summed E-state index contributed by atoms with van der Waals surface area (Å²) in [5, 5.41) is 19.8. The summed E-state index contributed by atoms with van der Waals surface area (Å²) in [6.45, 7) is 0. The average Bonchev–Trinajstić information content (AvgIpc) is 3.38. The zero-order chi connectivity index (χ0) is 20.0. The molecule has 2 amide bonds. The van der Waals surface area contributed by atoms with Gasteiger partial charge in [-0.25, -0.2) is 14.3 Å². The molecule has 0 unspecified atom stereocenters. The standard InChI is InChI=1S/C19H16ClFN6O2/c20-11-6-7-13(14-15(11)22-18(28)23-19(14)8-1-2-9-19)29-16-10(4-3-5-12(16)21)17-24-26-27-25-17/h3-7H,1-2,8-9H2,(H2,22,23,28)(H,24,25,26,27). The van der Waals surface area contributed by atoms with Gasteiger partial charge in [-0.05, 0) is 47.5 Å². The Kier molecular flexibility index (Phi) is 4.13. The number of aromatic nitrogens is 4. The highest BCUT2D eigenvalue weighted by Crippen LogP contribution is 2.51. The number of hydrogen-bond donors (Lipinski definition) is 3. The molecule has 148 valence electrons. The van der Waals surface area contributed by atoms with Crippen LogP contribution in [0.15, 0.2) is 30.3 Å². The molecular formula is C19H16ClFN6O2. The molecule has 10 heteroatoms. The van der Waals surface area contributed by atoms with Crippen LogP contribution in [0.3, 0.4) is 0 Å². The van der Waals surface area contributed by atoms with E-state index in [9.17, 15) is 9.18 Å². The number of benzene rings is 2. The summed E-state index contributed by atoms with van der Waals surface area (Å²) in [7, 11) is 0. The first-order valence-corrected chi connectivity index (χ1v) is 9.58. The fourth-order valence-corrected chi connectivity index (χ4v) is 4.41. The second-order valence-electron chi connectivity index (χ2n) is 7.13. The summed E-state index contributed by atoms with van der Waals surface area (Å²) >= 11 is 6.38. The van der Waals surface area contributed by atoms with Crippen LogP contribution in [-0.4, -0.2) is 26.7 Å². The topological polar surface area (TPSA) is 105 Å². The van der Waals surface area contributed by atoms with Gasteiger partial charge >= 0.3 is 6.03 Å². The van der Waals surface area contributed by atoms with Crippen molar-refractivity contribution >= 4 is 23.3 Å². The van der Waals surface area contributed by atoms with Gasteiger partial charge in [0.1, 0.15) is 5.75 Å². The summed E-state index contributed by atoms with van der Waals surface area (Å²) in [6, 6.07) is 7.52. The maximum absolute atomic E-state index is 14.8. The van der Waals surface area contributed by atoms with Crippen molar-refractivity contribution in [2.24, 2.45) is 0 Å². The van der Waals surface area contributed by atoms with Crippen molar-refractivity contribution in [3.8, 4) is 22.9 Å². The molecule has 1 aliphatic heterocycles. The highest BCUT2D eigenvalue weighted by Gasteiger charge is 2.45. The number of para-hydroxylation sites is 1. The van der Waals surface area contributed by atoms with Gasteiger partial charge in [0.2, 0.25) is 0 Å². The number of anilines is 1. The lowest BCUT2D eigenvalue weighted by molar-refractivity contribution is 0.232. The number of carbonyl (C=O) groups excluding carboxylic acids is 1. The predicted octanol–water partition coefficient (Wildman–Crippen LogP) is 4.36. The van der Waals surface area contributed by atoms with E-state index in [4.69, 9.17) is 16.3 Å². The minimum atomic E-state index is -0.600. The molecule has 2 aromatic carbocycles. The van der Waals surface area contributed by atoms with E-state index < -0.39 is 11.4 Å². The van der Waals surface area contributed by atoms with Crippen LogP contribution in [0, 0.1) is 5.82 Å². The average molecular weight is 415 g/mol. The molecule has 0 bridgehead atoms. The Labute approximate surface area is 169 Å². The first-order chi connectivity index (χ1) is 14.1. The number of rotatable bonds is 3. The molecule has 2 aliphatic rings. The van der Waals surface area contributed by atoms with Gasteiger partial charge in [-0.3, -0.25) is 0 Å². The third-order valence-electron chi connectivity index (χ3n) is 5.42. The fourth-order valence-electron chi connectivity index (χ4n) is 4.20. The molecule has 3 aromatic rings. The minimum Gasteiger partial charge on any atom is -0.453 e. The molecule has 29 heavy (non-hydrogen) atoms. The maximum atomic E-state index is 14.8. The molecule has 1 fully saturated rings. The molecule has 1 spiro atoms. The Bertz CT molecular complexity index is 1100. The quantitative estimate of drug-likeness (QED) is 0.590. The molecule has 0 atom stereocenters. The molecule has 2 heterocycles. The van der Waals surface area contributed by atoms with Gasteiger partial charge in [-0.15, -0.1) is 5.10 Å². The van der Waals surface area contributed by atoms with Gasteiger partial charge in [0.15, 0.2) is 17.4 Å². The SMILES string of the molecule is O=C1Nc2c(Cl)ccc(Oc3c(F)cccc3-c3nnn[nH]3)c2C2(CCCC2)N1. The minimum absolute atomic E-state index is 0.0133. The Hall–Kier alpha value is -3.20. The summed E-state index contributed by atoms with van der Waals surface area (Å²) < 4.78 is 20.8. The maximum Gasteiger partial charge on any atom is 0.319 e. The van der Waals surface area contributed by atoms with Crippen molar-refractivity contribution in [2.45, 2.75) is 31.2 Å². The fraction of sp³-hybridized carbons (Fsp3) is 0.263. The van der Waals surface area contributed by atoms with E-state index in [0.717, 1.165) is 31.2 Å². The highest BCUT2D eigenvalue weighted by molar-refractivity contribution is 6.34. The van der Waals surface area contributed by atoms with Crippen LogP contribution in [0.4, 0.5) is 14.9 Å². The molecule has 5 rings (SSSR count). The number of hydrogen-bond acceptors (Lipinski definition) is 5. The number of ether oxygens (including phenoxy) is 1. The van der Waals surface area contributed by atoms with Crippen LogP contribution in [0.2, 0.25) is 5.02 Å². The third kappa shape index (κ3) is 2.89. The van der Waals surface area contributed by atoms with Crippen molar-refractivity contribution in [3.63, 3.8) is 0 Å². The molecule has 1 aromatic heterocycles. The smallest absolute Gasteiger partial charge is 0.319 e. The lowest BCUT2D eigenvalue weighted by Gasteiger charge is -2.38. The number of amides is 2. The van der Waals surface area contributed by atoms with E-state index in [1.54, 1.807) is 24.3 Å². The zero-order valence-electron chi connectivity index (χ0n) is 15.1. The van der Waals surface area contributed by atoms with Gasteiger partial charge in [0.05, 0.1) is 21.8 Å². The van der Waals surface area contributed by atoms with E-state index in [2.05, 4.69) is 31.3 Å². The number of H-pyrrole nitrogens is 1. The number of fused-ring (bicyclic) bond motifs is 2. The molecule has 8 nitrogen and oxygen atoms in total. The normalized spacial score (nSPS) is 17.0. The number of aromatic amines is 1. The highest BCUT2D eigenvalue weighted by atomic mass is 35.5. The van der Waals surface area contributed by atoms with E-state index in [1.165, 1.54) is 6.07 Å². The lowest BCUT2D eigenvalue weighted by atomic mass is 9.84. The van der Waals surface area contributed by atoms with Gasteiger partial charge in [0.25, 0.3) is 0 Å². The van der Waals surface area contributed by atoms with Crippen LogP contribution in [-0.2, 0) is 5.54 Å². The van der Waals surface area contributed by atoms with E-state index >= 15 is 0 Å². The van der Waals surface area contributed by atoms with Gasteiger partial charge < -0.3 is 15.4 Å². The molecule has 1 aliphatic carbocycles. The van der Waals surface area contributed by atoms with Crippen molar-refractivity contribution in [1.82, 2.24) is 25.9 Å². The van der Waals surface area contributed by atoms with Crippen molar-refractivity contribution in [3.05, 3.63) is 46.7 Å². The lowest BCUT2D eigenvalue weighted by Crippen LogP contribution is -2.50. The number of halogens is 2. The summed E-state index contributed by atoms with van der Waals surface area (Å²) in [5.74, 6) is 0.124. The summed E-state index contributed by atoms with van der Waals surface area (Å²) in [6.07, 6.45) is 3.42. The first kappa shape index (κ1) is 17.9. The van der Waals surface area contributed by atoms with E-state index in [0.29, 0.717) is 22.0 Å². The number of urea groups is 1. The van der Waals surface area contributed by atoms with Gasteiger partial charge in [-0.1, -0.05) is 30.5 Å². The van der Waals surface area contributed by atoms with Crippen molar-refractivity contribution in [1.29, 1.82) is 0 Å². The largest absolute Gasteiger partial charge is 0.453 e. The molecule has 0 saturated heterocycles. The second-order valence-corrected chi connectivity index (χ2v) is 7.54. The zero-order valence-corrected chi connectivity index (χ0v) is 15.9. The summed E-state index contributed by atoms with van der Waals surface area (Å²) in [4.78, 5) is 12.3. The van der Waals surface area contributed by atoms with Crippen LogP contribution in [0.5, 0.6) is 11.5 Å². The van der Waals surface area contributed by atoms with Crippen LogP contribution >= 0.6 is 11.6 Å². The number of tetrazole rings is 1. The number of nitrogens with one attached hydrogen (secondary N) is 3. The van der Waals surface area contributed by atoms with Crippen molar-refractivity contribution < 1.29 is 13.9 Å². The predicted molar refractivity (Wildman–Crippen MR) is 103 cm³/mol. The number of nitrogens with zero attached hydrogens (tertiary/aromatic N) is 3. The first-order valence-electron chi connectivity index (χ1n) is 9.20. The molecular weight excluding hydrogens is 399 g/mol. The Balaban J connectivity index is 1.67. The third-order valence-corrected chi connectivity index (χ3v) is 5.74. The van der Waals surface area contributed by atoms with Crippen LogP contribution in [0.25, 0.3) is 11.4 Å². The number of carbonyl (C=O) groups is 1. The Morgan fingerprint density at radius 2 is 2.00 bits per heavy atom. The van der Waals surface area contributed by atoms with Crippen LogP contribution in [0.1, 0.15) is 31.2 Å². The van der Waals surface area contributed by atoms with E-state index in [-0.39, 0.29) is 17.6 Å². The van der Waals surface area contributed by atoms with Crippen molar-refractivity contribution in [2.75, 3.05) is 5.32 Å². The monoisotopic (exact) mass is 414 g/mol. The Morgan fingerprint density at radius 3 is 2.76 bits per heavy atom.